The van der Waals surface area contributed by atoms with Gasteiger partial charge >= 0.3 is 0 Å². The minimum atomic E-state index is -3.77. The Bertz CT molecular complexity index is 1370. The highest BCUT2D eigenvalue weighted by molar-refractivity contribution is 7.92. The molecule has 10 heteroatoms. The van der Waals surface area contributed by atoms with Crippen LogP contribution in [0.4, 0.5) is 11.4 Å². The summed E-state index contributed by atoms with van der Waals surface area (Å²) < 4.78 is 34.3. The Morgan fingerprint density at radius 1 is 1.03 bits per heavy atom. The van der Waals surface area contributed by atoms with Crippen molar-refractivity contribution < 1.29 is 17.9 Å². The lowest BCUT2D eigenvalue weighted by Crippen LogP contribution is -2.34. The molecule has 194 valence electrons. The summed E-state index contributed by atoms with van der Waals surface area (Å²) in [6, 6.07) is 17.1. The summed E-state index contributed by atoms with van der Waals surface area (Å²) in [6.45, 7) is 8.44. The van der Waals surface area contributed by atoms with Gasteiger partial charge in [-0.25, -0.2) is 8.42 Å². The summed E-state index contributed by atoms with van der Waals surface area (Å²) in [5.74, 6) is 0.596. The van der Waals surface area contributed by atoms with Crippen LogP contribution < -0.4 is 25.6 Å². The number of aryl methyl sites for hydroxylation is 2. The first kappa shape index (κ1) is 28.2. The molecule has 0 atom stereocenters. The van der Waals surface area contributed by atoms with Gasteiger partial charge < -0.3 is 10.1 Å². The van der Waals surface area contributed by atoms with Crippen LogP contribution in [-0.2, 0) is 10.0 Å². The third-order valence-electron chi connectivity index (χ3n) is 5.70. The van der Waals surface area contributed by atoms with Crippen LogP contribution in [0.3, 0.4) is 0 Å². The number of para-hydroxylation sites is 1. The highest BCUT2D eigenvalue weighted by Crippen LogP contribution is 2.24. The second-order valence-electron chi connectivity index (χ2n) is 9.34. The number of amides is 1. The van der Waals surface area contributed by atoms with E-state index < -0.39 is 15.9 Å². The van der Waals surface area contributed by atoms with Gasteiger partial charge in [0, 0.05) is 5.69 Å². The molecule has 0 heterocycles. The Hall–Kier alpha value is -3.37. The molecule has 0 aromatic heterocycles. The topological polar surface area (TPSA) is 96.5 Å². The van der Waals surface area contributed by atoms with Gasteiger partial charge in [-0.1, -0.05) is 49.6 Å². The van der Waals surface area contributed by atoms with E-state index >= 15 is 0 Å². The van der Waals surface area contributed by atoms with Gasteiger partial charge in [-0.15, -0.1) is 0 Å². The zero-order valence-electron chi connectivity index (χ0n) is 21.7. The van der Waals surface area contributed by atoms with Crippen molar-refractivity contribution in [1.82, 2.24) is 5.32 Å². The molecule has 0 spiro atoms. The lowest BCUT2D eigenvalue weighted by molar-refractivity contribution is 0.0973. The van der Waals surface area contributed by atoms with Crippen LogP contribution in [0.2, 0.25) is 0 Å². The summed E-state index contributed by atoms with van der Waals surface area (Å²) in [5, 5.41) is 5.68. The summed E-state index contributed by atoms with van der Waals surface area (Å²) >= 11 is 5.32. The highest BCUT2D eigenvalue weighted by atomic mass is 32.2. The van der Waals surface area contributed by atoms with Crippen molar-refractivity contribution in [3.63, 3.8) is 0 Å². The van der Waals surface area contributed by atoms with Gasteiger partial charge in [0.2, 0.25) is 0 Å². The average molecular weight is 538 g/mol. The van der Waals surface area contributed by atoms with Crippen LogP contribution in [0, 0.1) is 19.8 Å². The van der Waals surface area contributed by atoms with Gasteiger partial charge in [0.05, 0.1) is 22.8 Å². The van der Waals surface area contributed by atoms with Crippen molar-refractivity contribution in [2.45, 2.75) is 39.0 Å². The van der Waals surface area contributed by atoms with Crippen LogP contribution >= 0.6 is 12.2 Å². The molecule has 3 aromatic carbocycles. The minimum Gasteiger partial charge on any atom is -0.493 e. The van der Waals surface area contributed by atoms with E-state index in [0.717, 1.165) is 23.0 Å². The number of rotatable bonds is 9. The maximum Gasteiger partial charge on any atom is 0.261 e. The highest BCUT2D eigenvalue weighted by Gasteiger charge is 2.18. The Morgan fingerprint density at radius 3 is 2.30 bits per heavy atom. The fraction of sp³-hybridized carbons (Fsp3) is 0.259. The smallest absolute Gasteiger partial charge is 0.261 e. The molecule has 0 aliphatic rings. The average Bonchev–Trinajstić information content (AvgIpc) is 2.82. The van der Waals surface area contributed by atoms with E-state index in [1.54, 1.807) is 24.3 Å². The Balaban J connectivity index is 1.65. The molecular weight excluding hydrogens is 505 g/mol. The normalized spacial score (nSPS) is 11.2. The largest absolute Gasteiger partial charge is 0.493 e. The fourth-order valence-corrected chi connectivity index (χ4v) is 4.98. The van der Waals surface area contributed by atoms with Crippen LogP contribution in [0.5, 0.6) is 5.75 Å². The number of ether oxygens (including phenoxy) is 1. The fourth-order valence-electron chi connectivity index (χ4n) is 3.57. The number of carbonyl (C=O) groups is 1. The summed E-state index contributed by atoms with van der Waals surface area (Å²) in [6.07, 6.45) is 0.876. The first-order valence-corrected chi connectivity index (χ1v) is 13.9. The molecule has 0 bridgehead atoms. The molecule has 0 saturated carbocycles. The minimum absolute atomic E-state index is 0.0869. The van der Waals surface area contributed by atoms with E-state index in [2.05, 4.69) is 29.2 Å². The van der Waals surface area contributed by atoms with Crippen LogP contribution in [0.1, 0.15) is 41.8 Å². The third-order valence-corrected chi connectivity index (χ3v) is 7.27. The predicted molar refractivity (Wildman–Crippen MR) is 156 cm³/mol. The number of benzene rings is 3. The number of hydrogen-bond acceptors (Lipinski definition) is 5. The predicted octanol–water partition coefficient (Wildman–Crippen LogP) is 3.91. The van der Waals surface area contributed by atoms with Gasteiger partial charge in [-0.2, -0.15) is 0 Å². The molecule has 3 N–H and O–H groups in total. The van der Waals surface area contributed by atoms with E-state index in [-0.39, 0.29) is 10.0 Å². The van der Waals surface area contributed by atoms with Crippen LogP contribution in [0.25, 0.3) is 0 Å². The number of sulfonamides is 1. The second kappa shape index (κ2) is 12.2. The zero-order valence-corrected chi connectivity index (χ0v) is 23.3. The molecule has 0 aliphatic carbocycles. The van der Waals surface area contributed by atoms with E-state index in [0.29, 0.717) is 35.2 Å². The van der Waals surface area contributed by atoms with Crippen molar-refractivity contribution in [1.29, 1.82) is 0 Å². The van der Waals surface area contributed by atoms with Crippen molar-refractivity contribution in [3.05, 3.63) is 77.4 Å². The molecule has 3 aromatic rings. The summed E-state index contributed by atoms with van der Waals surface area (Å²) in [4.78, 5) is 13.0. The lowest BCUT2D eigenvalue weighted by atomic mass is 9.94. The Labute approximate surface area is 225 Å². The van der Waals surface area contributed by atoms with E-state index in [1.807, 2.05) is 46.0 Å². The second-order valence-corrected chi connectivity index (χ2v) is 11.4. The van der Waals surface area contributed by atoms with Gasteiger partial charge in [-0.3, -0.25) is 14.8 Å². The number of thiocarbonyl (C=S) groups is 1. The van der Waals surface area contributed by atoms with Crippen LogP contribution in [-0.4, -0.2) is 33.9 Å². The van der Waals surface area contributed by atoms with Crippen molar-refractivity contribution >= 4 is 57.9 Å². The Morgan fingerprint density at radius 2 is 1.68 bits per heavy atom. The molecule has 1 amide bonds. The molecule has 7 nitrogen and oxygen atoms in total. The quantitative estimate of drug-likeness (QED) is 0.283. The van der Waals surface area contributed by atoms with Gasteiger partial charge in [0.15, 0.2) is 5.11 Å². The molecule has 0 fully saturated rings. The molecule has 0 aliphatic heterocycles. The molecule has 3 rings (SSSR count). The van der Waals surface area contributed by atoms with Gasteiger partial charge in [0.25, 0.3) is 15.9 Å². The molecule has 37 heavy (non-hydrogen) atoms. The number of anilines is 2. The molecular formula is C27H32BN3O4S2. The monoisotopic (exact) mass is 537 g/mol. The van der Waals surface area contributed by atoms with E-state index in [9.17, 15) is 13.2 Å². The van der Waals surface area contributed by atoms with Crippen molar-refractivity contribution in [3.8, 4) is 5.75 Å². The first-order valence-electron chi connectivity index (χ1n) is 12.0. The molecule has 0 radical (unpaired) electrons. The maximum atomic E-state index is 12.9. The standard InChI is InChI=1S/C27H32BN3O4S2/c1-17(2)14-15-35-24-13-8-20(28)16-23(24)26(32)30-27(36)29-21-9-11-22(12-10-21)37(33,34)31-25-18(3)6-5-7-19(25)4/h5-13,16-17,31H,14-15,28H2,1-4H3,(H2,29,30,32,36). The van der Waals surface area contributed by atoms with Crippen molar-refractivity contribution in [2.75, 3.05) is 16.6 Å². The number of carbonyl (C=O) groups excluding carboxylic acids is 1. The lowest BCUT2D eigenvalue weighted by Gasteiger charge is -2.15. The van der Waals surface area contributed by atoms with Gasteiger partial charge in [0.1, 0.15) is 13.6 Å². The van der Waals surface area contributed by atoms with Gasteiger partial charge in [-0.05, 0) is 79.9 Å². The summed E-state index contributed by atoms with van der Waals surface area (Å²) in [5.41, 5.74) is 4.10. The number of hydrogen-bond donors (Lipinski definition) is 3. The SMILES string of the molecule is Bc1ccc(OCCC(C)C)c(C(=O)NC(=S)Nc2ccc(S(=O)(=O)Nc3c(C)cccc3C)cc2)c1. The van der Waals surface area contributed by atoms with E-state index in [1.165, 1.54) is 12.1 Å². The molecule has 0 unspecified atom stereocenters. The van der Waals surface area contributed by atoms with Crippen molar-refractivity contribution in [2.24, 2.45) is 5.92 Å². The number of nitrogens with one attached hydrogen (secondary N) is 3. The summed E-state index contributed by atoms with van der Waals surface area (Å²) in [7, 11) is -1.88. The third kappa shape index (κ3) is 7.81. The van der Waals surface area contributed by atoms with E-state index in [4.69, 9.17) is 17.0 Å². The Kier molecular flexibility index (Phi) is 9.34. The first-order chi connectivity index (χ1) is 17.5. The zero-order chi connectivity index (χ0) is 27.2. The van der Waals surface area contributed by atoms with Crippen LogP contribution in [0.15, 0.2) is 65.6 Å². The molecule has 0 saturated heterocycles. The maximum absolute atomic E-state index is 12.9.